The van der Waals surface area contributed by atoms with Crippen molar-refractivity contribution < 1.29 is 18.3 Å². The van der Waals surface area contributed by atoms with E-state index in [-0.39, 0.29) is 5.91 Å². The first-order chi connectivity index (χ1) is 17.5. The van der Waals surface area contributed by atoms with Gasteiger partial charge in [0, 0.05) is 31.7 Å². The van der Waals surface area contributed by atoms with Gasteiger partial charge in [-0.2, -0.15) is 4.98 Å². The minimum Gasteiger partial charge on any atom is -0.463 e. The zero-order chi connectivity index (χ0) is 24.6. The van der Waals surface area contributed by atoms with Crippen LogP contribution in [0.25, 0.3) is 33.9 Å². The molecule has 0 N–H and O–H groups in total. The molecule has 5 heterocycles. The average Bonchev–Trinajstić information content (AvgIpc) is 3.66. The molecular formula is C26H24N6O4. The van der Waals surface area contributed by atoms with Gasteiger partial charge in [-0.05, 0) is 32.0 Å². The van der Waals surface area contributed by atoms with Crippen LogP contribution < -0.4 is 0 Å². The van der Waals surface area contributed by atoms with Crippen LogP contribution in [-0.4, -0.2) is 62.2 Å². The van der Waals surface area contributed by atoms with Gasteiger partial charge in [-0.25, -0.2) is 4.98 Å². The fraction of sp³-hybridized carbons (Fsp3) is 0.269. The zero-order valence-corrected chi connectivity index (χ0v) is 20.0. The number of benzene rings is 1. The predicted octanol–water partition coefficient (Wildman–Crippen LogP) is 4.11. The molecule has 182 valence electrons. The highest BCUT2D eigenvalue weighted by atomic mass is 16.5. The number of nitrogens with zero attached hydrogens (tertiary/aromatic N) is 6. The molecule has 1 aliphatic heterocycles. The Morgan fingerprint density at radius 3 is 2.53 bits per heavy atom. The first-order valence-corrected chi connectivity index (χ1v) is 11.8. The molecular weight excluding hydrogens is 460 g/mol. The summed E-state index contributed by atoms with van der Waals surface area (Å²) in [6, 6.07) is 13.4. The summed E-state index contributed by atoms with van der Waals surface area (Å²) in [5, 5.41) is 8.77. The fourth-order valence-electron chi connectivity index (χ4n) is 4.42. The number of rotatable bonds is 5. The molecule has 6 rings (SSSR count). The van der Waals surface area contributed by atoms with Gasteiger partial charge in [0.05, 0.1) is 29.5 Å². The number of furan rings is 1. The Balaban J connectivity index is 1.15. The lowest BCUT2D eigenvalue weighted by Gasteiger charge is -2.34. The average molecular weight is 485 g/mol. The summed E-state index contributed by atoms with van der Waals surface area (Å²) in [7, 11) is 0. The number of piperazine rings is 1. The highest BCUT2D eigenvalue weighted by Crippen LogP contribution is 2.28. The van der Waals surface area contributed by atoms with Gasteiger partial charge in [-0.3, -0.25) is 9.69 Å². The van der Waals surface area contributed by atoms with E-state index in [1.54, 1.807) is 24.5 Å². The first kappa shape index (κ1) is 22.2. The first-order valence-electron chi connectivity index (χ1n) is 11.8. The van der Waals surface area contributed by atoms with E-state index in [9.17, 15) is 4.79 Å². The number of amides is 1. The summed E-state index contributed by atoms with van der Waals surface area (Å²) < 4.78 is 16.3. The number of pyridine rings is 1. The molecule has 5 aromatic rings. The SMILES string of the molecule is Cc1ccc(-c2noc(CN3CCN(C(=O)c4cc(-c5ccco5)nc5onc(C)c45)CC3)n2)cc1. The summed E-state index contributed by atoms with van der Waals surface area (Å²) in [5.74, 6) is 1.62. The van der Waals surface area contributed by atoms with Gasteiger partial charge in [0.1, 0.15) is 5.69 Å². The lowest BCUT2D eigenvalue weighted by Crippen LogP contribution is -2.48. The molecule has 1 fully saturated rings. The third-order valence-corrected chi connectivity index (χ3v) is 6.42. The fourth-order valence-corrected chi connectivity index (χ4v) is 4.42. The zero-order valence-electron chi connectivity index (χ0n) is 20.0. The van der Waals surface area contributed by atoms with Gasteiger partial charge >= 0.3 is 0 Å². The summed E-state index contributed by atoms with van der Waals surface area (Å²) >= 11 is 0. The quantitative estimate of drug-likeness (QED) is 0.363. The van der Waals surface area contributed by atoms with Crippen molar-refractivity contribution in [3.63, 3.8) is 0 Å². The lowest BCUT2D eigenvalue weighted by molar-refractivity contribution is 0.0617. The minimum absolute atomic E-state index is 0.0828. The second-order valence-electron chi connectivity index (χ2n) is 8.93. The number of aryl methyl sites for hydroxylation is 2. The summed E-state index contributed by atoms with van der Waals surface area (Å²) in [4.78, 5) is 26.7. The van der Waals surface area contributed by atoms with Crippen molar-refractivity contribution in [3.8, 4) is 22.8 Å². The molecule has 0 unspecified atom stereocenters. The lowest BCUT2D eigenvalue weighted by atomic mass is 10.1. The Labute approximate surface area is 206 Å². The van der Waals surface area contributed by atoms with Crippen LogP contribution in [0.15, 0.2) is 62.2 Å². The highest BCUT2D eigenvalue weighted by Gasteiger charge is 2.27. The maximum absolute atomic E-state index is 13.6. The molecule has 0 aliphatic carbocycles. The van der Waals surface area contributed by atoms with Crippen LogP contribution in [0.1, 0.15) is 27.5 Å². The summed E-state index contributed by atoms with van der Waals surface area (Å²) in [5.41, 5.74) is 4.10. The number of hydrogen-bond donors (Lipinski definition) is 0. The number of carbonyl (C=O) groups excluding carboxylic acids is 1. The van der Waals surface area contributed by atoms with Crippen LogP contribution >= 0.6 is 0 Å². The van der Waals surface area contributed by atoms with Crippen molar-refractivity contribution in [3.05, 3.63) is 71.4 Å². The van der Waals surface area contributed by atoms with Crippen LogP contribution in [0.4, 0.5) is 0 Å². The van der Waals surface area contributed by atoms with E-state index >= 15 is 0 Å². The third kappa shape index (κ3) is 4.16. The molecule has 0 atom stereocenters. The van der Waals surface area contributed by atoms with E-state index in [0.717, 1.165) is 5.56 Å². The van der Waals surface area contributed by atoms with Gasteiger partial charge in [-0.15, -0.1) is 0 Å². The normalized spacial score (nSPS) is 14.6. The minimum atomic E-state index is -0.0828. The number of fused-ring (bicyclic) bond motifs is 1. The molecule has 10 nitrogen and oxygen atoms in total. The Morgan fingerprint density at radius 1 is 0.972 bits per heavy atom. The number of aromatic nitrogens is 4. The van der Waals surface area contributed by atoms with Crippen LogP contribution in [0.2, 0.25) is 0 Å². The van der Waals surface area contributed by atoms with Gasteiger partial charge < -0.3 is 18.4 Å². The van der Waals surface area contributed by atoms with Crippen molar-refractivity contribution in [1.29, 1.82) is 0 Å². The van der Waals surface area contributed by atoms with E-state index < -0.39 is 0 Å². The molecule has 0 spiro atoms. The van der Waals surface area contributed by atoms with E-state index in [4.69, 9.17) is 13.5 Å². The summed E-state index contributed by atoms with van der Waals surface area (Å²) in [6.45, 7) is 6.91. The predicted molar refractivity (Wildman–Crippen MR) is 130 cm³/mol. The molecule has 0 bridgehead atoms. The van der Waals surface area contributed by atoms with E-state index in [1.165, 1.54) is 5.56 Å². The molecule has 1 aromatic carbocycles. The largest absolute Gasteiger partial charge is 0.463 e. The molecule has 0 radical (unpaired) electrons. The second kappa shape index (κ2) is 9.04. The number of hydrogen-bond acceptors (Lipinski definition) is 9. The monoisotopic (exact) mass is 484 g/mol. The Hall–Kier alpha value is -4.31. The van der Waals surface area contributed by atoms with Crippen LogP contribution in [0, 0.1) is 13.8 Å². The molecule has 1 saturated heterocycles. The van der Waals surface area contributed by atoms with E-state index in [0.29, 0.717) is 78.3 Å². The second-order valence-corrected chi connectivity index (χ2v) is 8.93. The van der Waals surface area contributed by atoms with Crippen LogP contribution in [0.5, 0.6) is 0 Å². The molecule has 1 aliphatic rings. The van der Waals surface area contributed by atoms with Gasteiger partial charge in [0.15, 0.2) is 5.76 Å². The van der Waals surface area contributed by atoms with Crippen molar-refractivity contribution in [2.75, 3.05) is 26.2 Å². The molecule has 10 heteroatoms. The standard InChI is InChI=1S/C26H24N6O4/c1-16-5-7-18(8-6-16)24-28-22(35-30-24)15-31-9-11-32(12-10-31)26(33)19-14-20(21-4-3-13-34-21)27-25-23(19)17(2)29-36-25/h3-8,13-14H,9-12,15H2,1-2H3. The topological polar surface area (TPSA) is 115 Å². The number of carbonyl (C=O) groups is 1. The molecule has 36 heavy (non-hydrogen) atoms. The summed E-state index contributed by atoms with van der Waals surface area (Å²) in [6.07, 6.45) is 1.57. The molecule has 4 aromatic heterocycles. The van der Waals surface area contributed by atoms with E-state index in [2.05, 4.69) is 25.2 Å². The Morgan fingerprint density at radius 2 is 1.78 bits per heavy atom. The van der Waals surface area contributed by atoms with Crippen molar-refractivity contribution >= 4 is 17.0 Å². The molecule has 1 amide bonds. The van der Waals surface area contributed by atoms with Crippen molar-refractivity contribution in [2.24, 2.45) is 0 Å². The Kier molecular flexibility index (Phi) is 5.57. The van der Waals surface area contributed by atoms with Gasteiger partial charge in [-0.1, -0.05) is 40.1 Å². The van der Waals surface area contributed by atoms with Crippen molar-refractivity contribution in [1.82, 2.24) is 30.1 Å². The van der Waals surface area contributed by atoms with Crippen molar-refractivity contribution in [2.45, 2.75) is 20.4 Å². The van der Waals surface area contributed by atoms with Gasteiger partial charge in [0.2, 0.25) is 11.7 Å². The Bertz CT molecular complexity index is 1510. The van der Waals surface area contributed by atoms with Crippen LogP contribution in [0.3, 0.4) is 0 Å². The van der Waals surface area contributed by atoms with Gasteiger partial charge in [0.25, 0.3) is 11.6 Å². The third-order valence-electron chi connectivity index (χ3n) is 6.42. The smallest absolute Gasteiger partial charge is 0.259 e. The van der Waals surface area contributed by atoms with Crippen LogP contribution in [-0.2, 0) is 6.54 Å². The highest BCUT2D eigenvalue weighted by molar-refractivity contribution is 6.06. The maximum Gasteiger partial charge on any atom is 0.259 e. The maximum atomic E-state index is 13.6. The van der Waals surface area contributed by atoms with E-state index in [1.807, 2.05) is 43.0 Å². The molecule has 0 saturated carbocycles.